The summed E-state index contributed by atoms with van der Waals surface area (Å²) in [5, 5.41) is 2.81. The van der Waals surface area contributed by atoms with Gasteiger partial charge in [0.15, 0.2) is 0 Å². The number of pyridine rings is 1. The van der Waals surface area contributed by atoms with Gasteiger partial charge in [-0.3, -0.25) is 24.5 Å². The number of nitrogens with zero attached hydrogens (tertiary/aromatic N) is 4. The highest BCUT2D eigenvalue weighted by atomic mass is 16.2. The fraction of sp³-hybridized carbons (Fsp3) is 0.292. The van der Waals surface area contributed by atoms with Crippen LogP contribution in [0.2, 0.25) is 0 Å². The van der Waals surface area contributed by atoms with E-state index in [0.29, 0.717) is 13.0 Å². The minimum atomic E-state index is -0.118. The minimum Gasteiger partial charge on any atom is -0.342 e. The van der Waals surface area contributed by atoms with Crippen molar-refractivity contribution < 1.29 is 9.59 Å². The Morgan fingerprint density at radius 1 is 1.10 bits per heavy atom. The van der Waals surface area contributed by atoms with E-state index in [9.17, 15) is 9.59 Å². The number of aromatic nitrogens is 3. The molecule has 1 saturated heterocycles. The van der Waals surface area contributed by atoms with Crippen molar-refractivity contribution in [1.29, 1.82) is 0 Å². The second-order valence-electron chi connectivity index (χ2n) is 7.76. The average molecular weight is 415 g/mol. The molecule has 0 aliphatic carbocycles. The van der Waals surface area contributed by atoms with Gasteiger partial charge in [-0.25, -0.2) is 0 Å². The largest absolute Gasteiger partial charge is 0.342 e. The minimum absolute atomic E-state index is 0.114. The molecule has 1 fully saturated rings. The van der Waals surface area contributed by atoms with Gasteiger partial charge in [0.1, 0.15) is 0 Å². The lowest BCUT2D eigenvalue weighted by atomic mass is 9.91. The molecular formula is C24H25N5O2. The van der Waals surface area contributed by atoms with Crippen molar-refractivity contribution in [3.8, 4) is 11.3 Å². The van der Waals surface area contributed by atoms with E-state index < -0.39 is 0 Å². The van der Waals surface area contributed by atoms with Crippen molar-refractivity contribution in [2.24, 2.45) is 0 Å². The van der Waals surface area contributed by atoms with Gasteiger partial charge in [-0.1, -0.05) is 12.1 Å². The van der Waals surface area contributed by atoms with Crippen molar-refractivity contribution >= 4 is 17.5 Å². The molecule has 2 aromatic heterocycles. The van der Waals surface area contributed by atoms with E-state index in [-0.39, 0.29) is 17.7 Å². The Hall–Kier alpha value is -3.61. The molecule has 1 aromatic carbocycles. The summed E-state index contributed by atoms with van der Waals surface area (Å²) in [6.45, 7) is 2.87. The molecule has 3 aromatic rings. The third kappa shape index (κ3) is 5.12. The average Bonchev–Trinajstić information content (AvgIpc) is 2.79. The second-order valence-corrected chi connectivity index (χ2v) is 7.76. The number of rotatable bonds is 5. The molecule has 0 spiro atoms. The van der Waals surface area contributed by atoms with E-state index in [1.807, 2.05) is 41.3 Å². The Labute approximate surface area is 181 Å². The Morgan fingerprint density at radius 2 is 1.90 bits per heavy atom. The van der Waals surface area contributed by atoms with Gasteiger partial charge >= 0.3 is 0 Å². The molecule has 1 N–H and O–H groups in total. The maximum atomic E-state index is 12.9. The normalized spacial score (nSPS) is 16.0. The summed E-state index contributed by atoms with van der Waals surface area (Å²) in [5.74, 6) is 0.115. The van der Waals surface area contributed by atoms with Gasteiger partial charge in [0.25, 0.3) is 0 Å². The van der Waals surface area contributed by atoms with Crippen LogP contribution in [0, 0.1) is 0 Å². The van der Waals surface area contributed by atoms with Crippen LogP contribution in [0.1, 0.15) is 36.9 Å². The molecule has 4 rings (SSSR count). The molecule has 1 aliphatic heterocycles. The summed E-state index contributed by atoms with van der Waals surface area (Å²) in [6.07, 6.45) is 9.06. The van der Waals surface area contributed by atoms with Gasteiger partial charge in [-0.05, 0) is 42.7 Å². The summed E-state index contributed by atoms with van der Waals surface area (Å²) in [7, 11) is 0. The van der Waals surface area contributed by atoms with Gasteiger partial charge < -0.3 is 10.2 Å². The highest BCUT2D eigenvalue weighted by Crippen LogP contribution is 2.32. The van der Waals surface area contributed by atoms with Crippen LogP contribution in [-0.2, 0) is 16.0 Å². The van der Waals surface area contributed by atoms with Crippen LogP contribution < -0.4 is 5.32 Å². The molecule has 158 valence electrons. The van der Waals surface area contributed by atoms with Crippen molar-refractivity contribution in [1.82, 2.24) is 19.9 Å². The number of amides is 2. The molecule has 7 nitrogen and oxygen atoms in total. The molecule has 2 amide bonds. The van der Waals surface area contributed by atoms with Gasteiger partial charge in [0, 0.05) is 62.0 Å². The molecule has 1 aliphatic rings. The number of likely N-dealkylation sites (tertiary alicyclic amines) is 1. The van der Waals surface area contributed by atoms with Crippen molar-refractivity contribution in [2.45, 2.75) is 32.1 Å². The number of benzene rings is 1. The molecule has 1 atom stereocenters. The number of hydrogen-bond acceptors (Lipinski definition) is 5. The Bertz CT molecular complexity index is 1070. The number of carbonyl (C=O) groups is 2. The Kier molecular flexibility index (Phi) is 6.31. The van der Waals surface area contributed by atoms with Crippen LogP contribution >= 0.6 is 0 Å². The molecule has 7 heteroatoms. The Balaban J connectivity index is 1.55. The SMILES string of the molecule is CC(=O)Nc1cccc(-c2nccnc2C2CCCN(C(=O)Cc3ccncc3)C2)c1. The van der Waals surface area contributed by atoms with Crippen LogP contribution in [0.15, 0.2) is 61.2 Å². The third-order valence-corrected chi connectivity index (χ3v) is 5.45. The third-order valence-electron chi connectivity index (χ3n) is 5.45. The zero-order chi connectivity index (χ0) is 21.6. The first-order chi connectivity index (χ1) is 15.1. The standard InChI is InChI=1S/C24H25N5O2/c1-17(30)28-21-6-2-4-19(15-21)23-24(27-12-11-26-23)20-5-3-13-29(16-20)22(31)14-18-7-9-25-10-8-18/h2,4,6-12,15,20H,3,5,13-14,16H2,1H3,(H,28,30). The maximum absolute atomic E-state index is 12.9. The number of anilines is 1. The van der Waals surface area contributed by atoms with Crippen molar-refractivity contribution in [3.05, 3.63) is 72.4 Å². The van der Waals surface area contributed by atoms with Gasteiger partial charge in [-0.15, -0.1) is 0 Å². The van der Waals surface area contributed by atoms with Gasteiger partial charge in [0.05, 0.1) is 17.8 Å². The highest BCUT2D eigenvalue weighted by Gasteiger charge is 2.28. The molecule has 0 radical (unpaired) electrons. The van der Waals surface area contributed by atoms with Crippen molar-refractivity contribution in [3.63, 3.8) is 0 Å². The molecule has 0 bridgehead atoms. The molecule has 31 heavy (non-hydrogen) atoms. The van der Waals surface area contributed by atoms with Gasteiger partial charge in [0.2, 0.25) is 11.8 Å². The molecular weight excluding hydrogens is 390 g/mol. The monoisotopic (exact) mass is 415 g/mol. The summed E-state index contributed by atoms with van der Waals surface area (Å²) < 4.78 is 0. The molecule has 0 saturated carbocycles. The first kappa shape index (κ1) is 20.7. The smallest absolute Gasteiger partial charge is 0.227 e. The summed E-state index contributed by atoms with van der Waals surface area (Å²) in [4.78, 5) is 39.5. The van der Waals surface area contributed by atoms with E-state index in [2.05, 4.69) is 20.3 Å². The molecule has 1 unspecified atom stereocenters. The van der Waals surface area contributed by atoms with E-state index >= 15 is 0 Å². The summed E-state index contributed by atoms with van der Waals surface area (Å²) >= 11 is 0. The first-order valence-corrected chi connectivity index (χ1v) is 10.5. The highest BCUT2D eigenvalue weighted by molar-refractivity contribution is 5.89. The van der Waals surface area contributed by atoms with Crippen LogP contribution in [0.4, 0.5) is 5.69 Å². The quantitative estimate of drug-likeness (QED) is 0.690. The van der Waals surface area contributed by atoms with E-state index in [0.717, 1.165) is 47.6 Å². The second kappa shape index (κ2) is 9.47. The Morgan fingerprint density at radius 3 is 2.71 bits per heavy atom. The van der Waals surface area contributed by atoms with Crippen LogP contribution in [0.25, 0.3) is 11.3 Å². The van der Waals surface area contributed by atoms with Crippen LogP contribution in [-0.4, -0.2) is 44.8 Å². The van der Waals surface area contributed by atoms with E-state index in [1.54, 1.807) is 24.8 Å². The van der Waals surface area contributed by atoms with Crippen molar-refractivity contribution in [2.75, 3.05) is 18.4 Å². The number of carbonyl (C=O) groups excluding carboxylic acids is 2. The fourth-order valence-electron chi connectivity index (χ4n) is 4.03. The first-order valence-electron chi connectivity index (χ1n) is 10.5. The topological polar surface area (TPSA) is 88.1 Å². The molecule has 3 heterocycles. The lowest BCUT2D eigenvalue weighted by molar-refractivity contribution is -0.131. The predicted octanol–water partition coefficient (Wildman–Crippen LogP) is 3.45. The zero-order valence-corrected chi connectivity index (χ0v) is 17.5. The van der Waals surface area contributed by atoms with Crippen LogP contribution in [0.5, 0.6) is 0 Å². The fourth-order valence-corrected chi connectivity index (χ4v) is 4.03. The number of nitrogens with one attached hydrogen (secondary N) is 1. The van der Waals surface area contributed by atoms with Crippen LogP contribution in [0.3, 0.4) is 0 Å². The number of hydrogen-bond donors (Lipinski definition) is 1. The summed E-state index contributed by atoms with van der Waals surface area (Å²) in [5.41, 5.74) is 4.28. The van der Waals surface area contributed by atoms with Gasteiger partial charge in [-0.2, -0.15) is 0 Å². The maximum Gasteiger partial charge on any atom is 0.227 e. The van der Waals surface area contributed by atoms with E-state index in [1.165, 1.54) is 6.92 Å². The number of piperidine rings is 1. The van der Waals surface area contributed by atoms with E-state index in [4.69, 9.17) is 0 Å². The predicted molar refractivity (Wildman–Crippen MR) is 118 cm³/mol. The summed E-state index contributed by atoms with van der Waals surface area (Å²) in [6, 6.07) is 11.4. The zero-order valence-electron chi connectivity index (χ0n) is 17.5. The lowest BCUT2D eigenvalue weighted by Gasteiger charge is -2.33. The lowest BCUT2D eigenvalue weighted by Crippen LogP contribution is -2.40.